The lowest BCUT2D eigenvalue weighted by molar-refractivity contribution is -0.124. The lowest BCUT2D eigenvalue weighted by atomic mass is 9.99. The van der Waals surface area contributed by atoms with E-state index in [9.17, 15) is 4.79 Å². The van der Waals surface area contributed by atoms with Crippen molar-refractivity contribution in [3.8, 4) is 0 Å². The van der Waals surface area contributed by atoms with E-state index >= 15 is 0 Å². The van der Waals surface area contributed by atoms with Gasteiger partial charge in [-0.1, -0.05) is 24.3 Å². The largest absolute Gasteiger partial charge is 0.354 e. The molecule has 1 saturated heterocycles. The molecule has 4 nitrogen and oxygen atoms in total. The van der Waals surface area contributed by atoms with Gasteiger partial charge in [-0.05, 0) is 37.4 Å². The molecule has 6 heteroatoms. The maximum atomic E-state index is 12.1. The van der Waals surface area contributed by atoms with Crippen LogP contribution in [0.5, 0.6) is 0 Å². The van der Waals surface area contributed by atoms with E-state index in [2.05, 4.69) is 46.7 Å². The van der Waals surface area contributed by atoms with E-state index in [0.29, 0.717) is 6.04 Å². The van der Waals surface area contributed by atoms with Crippen LogP contribution in [0.3, 0.4) is 0 Å². The van der Waals surface area contributed by atoms with Gasteiger partial charge in [0.25, 0.3) is 0 Å². The van der Waals surface area contributed by atoms with Gasteiger partial charge in [0.2, 0.25) is 5.91 Å². The molecular weight excluding hydrogens is 333 g/mol. The number of benzene rings is 1. The second-order valence-corrected chi connectivity index (χ2v) is 6.27. The number of rotatable bonds is 4. The number of carbonyl (C=O) groups excluding carboxylic acids is 1. The number of halogens is 2. The lowest BCUT2D eigenvalue weighted by Crippen LogP contribution is -2.45. The number of nitrogens with one attached hydrogen (secondary N) is 2. The Morgan fingerprint density at radius 1 is 1.35 bits per heavy atom. The van der Waals surface area contributed by atoms with Crippen LogP contribution in [0, 0.1) is 5.92 Å². The van der Waals surface area contributed by atoms with Crippen molar-refractivity contribution in [1.82, 2.24) is 15.5 Å². The molecule has 0 aromatic heterocycles. The molecule has 0 radical (unpaired) electrons. The first-order valence-corrected chi connectivity index (χ1v) is 8.03. The Morgan fingerprint density at radius 2 is 2.09 bits per heavy atom. The first-order valence-electron chi connectivity index (χ1n) is 8.03. The van der Waals surface area contributed by atoms with Gasteiger partial charge in [0.1, 0.15) is 0 Å². The van der Waals surface area contributed by atoms with Crippen molar-refractivity contribution in [2.75, 3.05) is 26.2 Å². The van der Waals surface area contributed by atoms with Crippen LogP contribution in [-0.2, 0) is 17.8 Å². The third-order valence-electron chi connectivity index (χ3n) is 4.79. The molecule has 23 heavy (non-hydrogen) atoms. The second-order valence-electron chi connectivity index (χ2n) is 6.27. The summed E-state index contributed by atoms with van der Waals surface area (Å²) in [5.41, 5.74) is 2.91. The smallest absolute Gasteiger partial charge is 0.224 e. The molecule has 1 aromatic carbocycles. The van der Waals surface area contributed by atoms with Crippen LogP contribution >= 0.6 is 24.8 Å². The van der Waals surface area contributed by atoms with Gasteiger partial charge in [0, 0.05) is 32.2 Å². The molecule has 1 amide bonds. The van der Waals surface area contributed by atoms with Crippen molar-refractivity contribution in [3.05, 3.63) is 35.4 Å². The zero-order valence-electron chi connectivity index (χ0n) is 13.6. The Kier molecular flexibility index (Phi) is 8.34. The molecule has 0 spiro atoms. The van der Waals surface area contributed by atoms with Crippen LogP contribution in [0.25, 0.3) is 0 Å². The first kappa shape index (κ1) is 20.2. The minimum absolute atomic E-state index is 0. The van der Waals surface area contributed by atoms with Crippen molar-refractivity contribution in [2.45, 2.75) is 32.4 Å². The highest BCUT2D eigenvalue weighted by molar-refractivity contribution is 5.85. The monoisotopic (exact) mass is 359 g/mol. The molecule has 0 saturated carbocycles. The first-order chi connectivity index (χ1) is 10.2. The Bertz CT molecular complexity index is 506. The van der Waals surface area contributed by atoms with E-state index in [-0.39, 0.29) is 36.6 Å². The number of fused-ring (bicyclic) bond motifs is 1. The van der Waals surface area contributed by atoms with Crippen molar-refractivity contribution >= 4 is 30.7 Å². The van der Waals surface area contributed by atoms with E-state index in [4.69, 9.17) is 0 Å². The Balaban J connectivity index is 0.00000132. The maximum Gasteiger partial charge on any atom is 0.224 e. The highest BCUT2D eigenvalue weighted by atomic mass is 35.5. The summed E-state index contributed by atoms with van der Waals surface area (Å²) in [5, 5.41) is 6.37. The van der Waals surface area contributed by atoms with E-state index in [0.717, 1.165) is 45.6 Å². The van der Waals surface area contributed by atoms with Gasteiger partial charge in [0.05, 0.1) is 5.92 Å². The van der Waals surface area contributed by atoms with Gasteiger partial charge in [-0.15, -0.1) is 24.8 Å². The van der Waals surface area contributed by atoms with E-state index in [1.165, 1.54) is 11.1 Å². The quantitative estimate of drug-likeness (QED) is 0.863. The van der Waals surface area contributed by atoms with Crippen LogP contribution in [0.4, 0.5) is 0 Å². The van der Waals surface area contributed by atoms with Crippen LogP contribution in [-0.4, -0.2) is 43.0 Å². The molecular formula is C17H27Cl2N3O. The minimum Gasteiger partial charge on any atom is -0.354 e. The van der Waals surface area contributed by atoms with Gasteiger partial charge in [-0.25, -0.2) is 0 Å². The summed E-state index contributed by atoms with van der Waals surface area (Å²) in [6.07, 6.45) is 2.08. The fraction of sp³-hybridized carbons (Fsp3) is 0.588. The van der Waals surface area contributed by atoms with E-state index in [1.807, 2.05) is 0 Å². The Morgan fingerprint density at radius 3 is 2.78 bits per heavy atom. The number of nitrogens with zero attached hydrogens (tertiary/aromatic N) is 1. The number of amides is 1. The zero-order valence-corrected chi connectivity index (χ0v) is 15.2. The zero-order chi connectivity index (χ0) is 14.7. The van der Waals surface area contributed by atoms with Crippen molar-refractivity contribution < 1.29 is 4.79 Å². The fourth-order valence-corrected chi connectivity index (χ4v) is 3.29. The molecule has 2 heterocycles. The normalized spacial score (nSPS) is 21.5. The van der Waals surface area contributed by atoms with Crippen molar-refractivity contribution in [3.63, 3.8) is 0 Å². The Hall–Kier alpha value is -0.810. The van der Waals surface area contributed by atoms with Crippen molar-refractivity contribution in [1.29, 1.82) is 0 Å². The molecule has 2 aliphatic heterocycles. The van der Waals surface area contributed by atoms with Crippen LogP contribution in [0.2, 0.25) is 0 Å². The van der Waals surface area contributed by atoms with Crippen molar-refractivity contribution in [2.24, 2.45) is 5.92 Å². The molecule has 130 valence electrons. The molecule has 3 rings (SSSR count). The third kappa shape index (κ3) is 5.08. The number of hydrogen-bond donors (Lipinski definition) is 2. The molecule has 2 N–H and O–H groups in total. The molecule has 0 aliphatic carbocycles. The van der Waals surface area contributed by atoms with Gasteiger partial charge >= 0.3 is 0 Å². The summed E-state index contributed by atoms with van der Waals surface area (Å²) < 4.78 is 0. The number of hydrogen-bond acceptors (Lipinski definition) is 3. The third-order valence-corrected chi connectivity index (χ3v) is 4.79. The summed E-state index contributed by atoms with van der Waals surface area (Å²) in [4.78, 5) is 14.5. The standard InChI is InChI=1S/C17H25N3O.2ClH/c1-13(10-19-17(21)15-6-8-18-11-15)20-9-7-14-4-2-3-5-16(14)12-20;;/h2-5,13,15,18H,6-12H2,1H3,(H,19,21);2*1H. The Labute approximate surface area is 151 Å². The maximum absolute atomic E-state index is 12.1. The van der Waals surface area contributed by atoms with Gasteiger partial charge in [0.15, 0.2) is 0 Å². The molecule has 0 bridgehead atoms. The highest BCUT2D eigenvalue weighted by Crippen LogP contribution is 2.20. The second kappa shape index (κ2) is 9.48. The highest BCUT2D eigenvalue weighted by Gasteiger charge is 2.24. The van der Waals surface area contributed by atoms with Gasteiger partial charge in [-0.2, -0.15) is 0 Å². The molecule has 2 atom stereocenters. The molecule has 2 unspecified atom stereocenters. The fourth-order valence-electron chi connectivity index (χ4n) is 3.29. The van der Waals surface area contributed by atoms with Crippen LogP contribution < -0.4 is 10.6 Å². The van der Waals surface area contributed by atoms with Gasteiger partial charge in [-0.3, -0.25) is 9.69 Å². The summed E-state index contributed by atoms with van der Waals surface area (Å²) >= 11 is 0. The summed E-state index contributed by atoms with van der Waals surface area (Å²) in [6.45, 7) is 6.84. The van der Waals surface area contributed by atoms with E-state index < -0.39 is 0 Å². The summed E-state index contributed by atoms with van der Waals surface area (Å²) in [7, 11) is 0. The molecule has 1 aromatic rings. The summed E-state index contributed by atoms with van der Waals surface area (Å²) in [6, 6.07) is 9.07. The SMILES string of the molecule is CC(CNC(=O)C1CCNC1)N1CCc2ccccc2C1.Cl.Cl. The average molecular weight is 360 g/mol. The lowest BCUT2D eigenvalue weighted by Gasteiger charge is -2.34. The predicted molar refractivity (Wildman–Crippen MR) is 98.5 cm³/mol. The minimum atomic E-state index is 0. The topological polar surface area (TPSA) is 44.4 Å². The van der Waals surface area contributed by atoms with Gasteiger partial charge < -0.3 is 10.6 Å². The number of carbonyl (C=O) groups is 1. The predicted octanol–water partition coefficient (Wildman–Crippen LogP) is 2.00. The van der Waals surface area contributed by atoms with Crippen LogP contribution in [0.15, 0.2) is 24.3 Å². The summed E-state index contributed by atoms with van der Waals surface area (Å²) in [5.74, 6) is 0.378. The molecule has 2 aliphatic rings. The van der Waals surface area contributed by atoms with E-state index in [1.54, 1.807) is 0 Å². The van der Waals surface area contributed by atoms with Crippen LogP contribution in [0.1, 0.15) is 24.5 Å². The molecule has 1 fully saturated rings. The average Bonchev–Trinajstić information content (AvgIpc) is 3.06.